The van der Waals surface area contributed by atoms with E-state index in [1.807, 2.05) is 0 Å². The lowest BCUT2D eigenvalue weighted by Crippen LogP contribution is -2.51. The lowest BCUT2D eigenvalue weighted by Gasteiger charge is -2.33. The Hall–Kier alpha value is -1.22. The van der Waals surface area contributed by atoms with Gasteiger partial charge in [-0.05, 0) is 56.5 Å². The van der Waals surface area contributed by atoms with Crippen molar-refractivity contribution in [3.8, 4) is 0 Å². The van der Waals surface area contributed by atoms with Gasteiger partial charge in [0.2, 0.25) is 15.9 Å². The number of piperidine rings is 2. The summed E-state index contributed by atoms with van der Waals surface area (Å²) in [5, 5.41) is 6.29. The van der Waals surface area contributed by atoms with Gasteiger partial charge in [-0.15, -0.1) is 12.4 Å². The largest absolute Gasteiger partial charge is 0.352 e. The second-order valence-electron chi connectivity index (χ2n) is 6.71. The highest BCUT2D eigenvalue weighted by atomic mass is 35.5. The third-order valence-corrected chi connectivity index (χ3v) is 6.73. The van der Waals surface area contributed by atoms with Crippen LogP contribution in [0.15, 0.2) is 29.2 Å². The molecule has 0 bridgehead atoms. The molecule has 3 rings (SSSR count). The number of hydrogen-bond acceptors (Lipinski definition) is 4. The maximum Gasteiger partial charge on any atom is 0.243 e. The van der Waals surface area contributed by atoms with Crippen LogP contribution in [0.1, 0.15) is 25.7 Å². The molecule has 0 spiro atoms. The molecule has 2 heterocycles. The zero-order valence-corrected chi connectivity index (χ0v) is 16.1. The highest BCUT2D eigenvalue weighted by Crippen LogP contribution is 2.24. The van der Waals surface area contributed by atoms with Crippen molar-refractivity contribution in [2.45, 2.75) is 36.6 Å². The summed E-state index contributed by atoms with van der Waals surface area (Å²) in [4.78, 5) is 12.6. The van der Waals surface area contributed by atoms with Gasteiger partial charge in [0.05, 0.1) is 10.8 Å². The molecule has 2 fully saturated rings. The quantitative estimate of drug-likeness (QED) is 0.796. The summed E-state index contributed by atoms with van der Waals surface area (Å²) < 4.78 is 39.8. The molecule has 26 heavy (non-hydrogen) atoms. The van der Waals surface area contributed by atoms with Gasteiger partial charge >= 0.3 is 0 Å². The lowest BCUT2D eigenvalue weighted by atomic mass is 9.97. The topological polar surface area (TPSA) is 78.5 Å². The van der Waals surface area contributed by atoms with E-state index in [1.54, 1.807) is 0 Å². The third-order valence-electron chi connectivity index (χ3n) is 4.85. The van der Waals surface area contributed by atoms with Gasteiger partial charge in [-0.1, -0.05) is 0 Å². The van der Waals surface area contributed by atoms with Crippen LogP contribution in [-0.2, 0) is 14.8 Å². The number of nitrogens with one attached hydrogen (secondary N) is 2. The molecule has 0 radical (unpaired) electrons. The van der Waals surface area contributed by atoms with Gasteiger partial charge in [0.15, 0.2) is 0 Å². The van der Waals surface area contributed by atoms with Crippen LogP contribution in [0.3, 0.4) is 0 Å². The van der Waals surface area contributed by atoms with E-state index in [2.05, 4.69) is 10.6 Å². The lowest BCUT2D eigenvalue weighted by molar-refractivity contribution is -0.126. The van der Waals surface area contributed by atoms with E-state index < -0.39 is 15.8 Å². The summed E-state index contributed by atoms with van der Waals surface area (Å²) >= 11 is 0. The summed E-state index contributed by atoms with van der Waals surface area (Å²) in [6, 6.07) is 4.92. The van der Waals surface area contributed by atoms with Crippen molar-refractivity contribution in [1.29, 1.82) is 0 Å². The molecule has 2 atom stereocenters. The minimum absolute atomic E-state index is 0. The van der Waals surface area contributed by atoms with E-state index in [-0.39, 0.29) is 41.7 Å². The van der Waals surface area contributed by atoms with Crippen LogP contribution >= 0.6 is 12.4 Å². The Morgan fingerprint density at radius 1 is 1.19 bits per heavy atom. The Morgan fingerprint density at radius 3 is 2.58 bits per heavy atom. The van der Waals surface area contributed by atoms with E-state index in [1.165, 1.54) is 16.4 Å². The van der Waals surface area contributed by atoms with Crippen LogP contribution in [0.4, 0.5) is 4.39 Å². The second-order valence-corrected chi connectivity index (χ2v) is 8.65. The molecule has 2 saturated heterocycles. The van der Waals surface area contributed by atoms with Crippen molar-refractivity contribution in [2.75, 3.05) is 26.2 Å². The van der Waals surface area contributed by atoms with Crippen molar-refractivity contribution >= 4 is 28.3 Å². The van der Waals surface area contributed by atoms with Crippen LogP contribution in [0.25, 0.3) is 0 Å². The zero-order valence-electron chi connectivity index (χ0n) is 14.5. The predicted octanol–water partition coefficient (Wildman–Crippen LogP) is 1.52. The average Bonchev–Trinajstić information content (AvgIpc) is 2.63. The third kappa shape index (κ3) is 4.94. The fourth-order valence-electron chi connectivity index (χ4n) is 3.42. The maximum absolute atomic E-state index is 13.0. The van der Waals surface area contributed by atoms with Crippen molar-refractivity contribution in [1.82, 2.24) is 14.9 Å². The number of amides is 1. The standard InChI is InChI=1S/C17H24FN3O3S.ClH/c18-14-5-7-16(8-6-14)25(23,24)21-10-2-3-13(12-21)17(22)20-15-4-1-9-19-11-15;/h5-8,13,15,19H,1-4,9-12H2,(H,20,22);1H/t13?,15-;/m0./s1. The highest BCUT2D eigenvalue weighted by Gasteiger charge is 2.34. The number of benzene rings is 1. The first-order chi connectivity index (χ1) is 12.0. The molecule has 0 aromatic heterocycles. The Labute approximate surface area is 160 Å². The van der Waals surface area contributed by atoms with Crippen molar-refractivity contribution in [2.24, 2.45) is 5.92 Å². The summed E-state index contributed by atoms with van der Waals surface area (Å²) in [5.41, 5.74) is 0. The van der Waals surface area contributed by atoms with Gasteiger partial charge in [0.25, 0.3) is 0 Å². The number of sulfonamides is 1. The number of rotatable bonds is 4. The normalized spacial score (nSPS) is 24.5. The molecule has 1 aromatic carbocycles. The molecule has 1 amide bonds. The van der Waals surface area contributed by atoms with Crippen molar-refractivity contribution < 1.29 is 17.6 Å². The van der Waals surface area contributed by atoms with Gasteiger partial charge in [0.1, 0.15) is 5.82 Å². The molecular formula is C17H25ClFN3O3S. The molecule has 2 aliphatic rings. The number of nitrogens with zero attached hydrogens (tertiary/aromatic N) is 1. The maximum atomic E-state index is 13.0. The first-order valence-corrected chi connectivity index (χ1v) is 10.2. The van der Waals surface area contributed by atoms with E-state index in [0.717, 1.165) is 38.1 Å². The van der Waals surface area contributed by atoms with Gasteiger partial charge in [-0.2, -0.15) is 4.31 Å². The highest BCUT2D eigenvalue weighted by molar-refractivity contribution is 7.89. The summed E-state index contributed by atoms with van der Waals surface area (Å²) in [6.07, 6.45) is 3.30. The smallest absolute Gasteiger partial charge is 0.243 e. The molecular weight excluding hydrogens is 381 g/mol. The fourth-order valence-corrected chi connectivity index (χ4v) is 4.95. The molecule has 146 valence electrons. The minimum atomic E-state index is -3.70. The molecule has 6 nitrogen and oxygen atoms in total. The number of carbonyl (C=O) groups is 1. The summed E-state index contributed by atoms with van der Waals surface area (Å²) in [7, 11) is -3.70. The molecule has 2 aliphatic heterocycles. The molecule has 0 saturated carbocycles. The van der Waals surface area contributed by atoms with Crippen LogP contribution < -0.4 is 10.6 Å². The minimum Gasteiger partial charge on any atom is -0.352 e. The molecule has 1 unspecified atom stereocenters. The Bertz CT molecular complexity index is 708. The van der Waals surface area contributed by atoms with Gasteiger partial charge in [0, 0.05) is 25.7 Å². The molecule has 9 heteroatoms. The SMILES string of the molecule is Cl.O=C(N[C@H]1CCCNC1)C1CCCN(S(=O)(=O)c2ccc(F)cc2)C1. The summed E-state index contributed by atoms with van der Waals surface area (Å²) in [6.45, 7) is 2.29. The first kappa shape index (κ1) is 21.1. The number of carbonyl (C=O) groups excluding carboxylic acids is 1. The Morgan fingerprint density at radius 2 is 1.92 bits per heavy atom. The second kappa shape index (κ2) is 9.12. The van der Waals surface area contributed by atoms with E-state index >= 15 is 0 Å². The van der Waals surface area contributed by atoms with Crippen molar-refractivity contribution in [3.63, 3.8) is 0 Å². The van der Waals surface area contributed by atoms with E-state index in [9.17, 15) is 17.6 Å². The number of halogens is 2. The van der Waals surface area contributed by atoms with Crippen LogP contribution in [0, 0.1) is 11.7 Å². The number of hydrogen-bond donors (Lipinski definition) is 2. The first-order valence-electron chi connectivity index (χ1n) is 8.73. The fraction of sp³-hybridized carbons (Fsp3) is 0.588. The summed E-state index contributed by atoms with van der Waals surface area (Å²) in [5.74, 6) is -0.894. The monoisotopic (exact) mass is 405 g/mol. The van der Waals surface area contributed by atoms with Crippen LogP contribution in [0.2, 0.25) is 0 Å². The zero-order chi connectivity index (χ0) is 17.9. The molecule has 2 N–H and O–H groups in total. The van der Waals surface area contributed by atoms with E-state index in [4.69, 9.17) is 0 Å². The average molecular weight is 406 g/mol. The van der Waals surface area contributed by atoms with Gasteiger partial charge in [-0.3, -0.25) is 4.79 Å². The predicted molar refractivity (Wildman–Crippen MR) is 99.2 cm³/mol. The molecule has 1 aromatic rings. The van der Waals surface area contributed by atoms with Crippen molar-refractivity contribution in [3.05, 3.63) is 30.1 Å². The molecule has 0 aliphatic carbocycles. The van der Waals surface area contributed by atoms with Crippen LogP contribution in [-0.4, -0.2) is 50.9 Å². The van der Waals surface area contributed by atoms with E-state index in [0.29, 0.717) is 19.4 Å². The van der Waals surface area contributed by atoms with Gasteiger partial charge in [-0.25, -0.2) is 12.8 Å². The Kier molecular flexibility index (Phi) is 7.40. The van der Waals surface area contributed by atoms with Gasteiger partial charge < -0.3 is 10.6 Å². The van der Waals surface area contributed by atoms with Crippen LogP contribution in [0.5, 0.6) is 0 Å². The Balaban J connectivity index is 0.00000243.